The largest absolute Gasteiger partial charge is 0.396 e. The highest BCUT2D eigenvalue weighted by Gasteiger charge is 2.19. The molecule has 0 saturated carbocycles. The van der Waals surface area contributed by atoms with Gasteiger partial charge in [0, 0.05) is 4.47 Å². The molecule has 1 aromatic heterocycles. The molecule has 0 aliphatic heterocycles. The van der Waals surface area contributed by atoms with Gasteiger partial charge in [-0.2, -0.15) is 5.10 Å². The van der Waals surface area contributed by atoms with Crippen LogP contribution in [0.4, 0.5) is 14.5 Å². The second kappa shape index (κ2) is 4.21. The SMILES string of the molecule is Nc1cnn(-c2cccc(Br)c2)c1C(F)F. The molecule has 0 spiro atoms. The van der Waals surface area contributed by atoms with Gasteiger partial charge in [0.1, 0.15) is 5.69 Å². The minimum absolute atomic E-state index is 0.00465. The number of benzene rings is 1. The van der Waals surface area contributed by atoms with E-state index in [-0.39, 0.29) is 11.4 Å². The molecule has 0 fully saturated rings. The van der Waals surface area contributed by atoms with Gasteiger partial charge >= 0.3 is 0 Å². The summed E-state index contributed by atoms with van der Waals surface area (Å²) < 4.78 is 27.4. The Labute approximate surface area is 99.0 Å². The Bertz CT molecular complexity index is 511. The lowest BCUT2D eigenvalue weighted by atomic mass is 10.3. The molecule has 1 heterocycles. The lowest BCUT2D eigenvalue weighted by Gasteiger charge is -2.07. The molecule has 1 aromatic carbocycles. The van der Waals surface area contributed by atoms with E-state index in [2.05, 4.69) is 21.0 Å². The molecule has 0 amide bonds. The Hall–Kier alpha value is -1.43. The van der Waals surface area contributed by atoms with Gasteiger partial charge in [-0.1, -0.05) is 22.0 Å². The van der Waals surface area contributed by atoms with Crippen LogP contribution in [0.25, 0.3) is 5.69 Å². The summed E-state index contributed by atoms with van der Waals surface area (Å²) in [5, 5.41) is 3.84. The van der Waals surface area contributed by atoms with Crippen molar-refractivity contribution in [3.05, 3.63) is 40.6 Å². The van der Waals surface area contributed by atoms with E-state index < -0.39 is 6.43 Å². The zero-order chi connectivity index (χ0) is 11.7. The normalized spacial score (nSPS) is 11.0. The molecule has 0 radical (unpaired) electrons. The Morgan fingerprint density at radius 1 is 1.38 bits per heavy atom. The molecular weight excluding hydrogens is 280 g/mol. The molecule has 0 atom stereocenters. The zero-order valence-electron chi connectivity index (χ0n) is 8.07. The number of halogens is 3. The van der Waals surface area contributed by atoms with Crippen LogP contribution in [0.2, 0.25) is 0 Å². The zero-order valence-corrected chi connectivity index (χ0v) is 9.66. The summed E-state index contributed by atoms with van der Waals surface area (Å²) in [5.74, 6) is 0. The van der Waals surface area contributed by atoms with E-state index in [4.69, 9.17) is 5.73 Å². The molecular formula is C10H8BrF2N3. The van der Waals surface area contributed by atoms with Crippen molar-refractivity contribution >= 4 is 21.6 Å². The van der Waals surface area contributed by atoms with E-state index in [1.807, 2.05) is 0 Å². The van der Waals surface area contributed by atoms with Gasteiger partial charge in [0.05, 0.1) is 17.6 Å². The van der Waals surface area contributed by atoms with Gasteiger partial charge in [-0.15, -0.1) is 0 Å². The van der Waals surface area contributed by atoms with Gasteiger partial charge < -0.3 is 5.73 Å². The Balaban J connectivity index is 2.56. The molecule has 0 unspecified atom stereocenters. The number of anilines is 1. The monoisotopic (exact) mass is 287 g/mol. The Morgan fingerprint density at radius 3 is 2.75 bits per heavy atom. The van der Waals surface area contributed by atoms with Crippen LogP contribution < -0.4 is 5.73 Å². The first-order chi connectivity index (χ1) is 7.59. The third-order valence-electron chi connectivity index (χ3n) is 2.10. The molecule has 0 aliphatic carbocycles. The highest BCUT2D eigenvalue weighted by Crippen LogP contribution is 2.27. The fraction of sp³-hybridized carbons (Fsp3) is 0.100. The van der Waals surface area contributed by atoms with Crippen molar-refractivity contribution in [2.75, 3.05) is 5.73 Å². The number of alkyl halides is 2. The quantitative estimate of drug-likeness (QED) is 0.922. The van der Waals surface area contributed by atoms with Crippen LogP contribution >= 0.6 is 15.9 Å². The maximum absolute atomic E-state index is 12.8. The van der Waals surface area contributed by atoms with Gasteiger partial charge in [-0.3, -0.25) is 0 Å². The Morgan fingerprint density at radius 2 is 2.12 bits per heavy atom. The molecule has 84 valence electrons. The molecule has 16 heavy (non-hydrogen) atoms. The third kappa shape index (κ3) is 1.92. The van der Waals surface area contributed by atoms with Crippen molar-refractivity contribution in [1.82, 2.24) is 9.78 Å². The summed E-state index contributed by atoms with van der Waals surface area (Å²) in [5.41, 5.74) is 5.70. The van der Waals surface area contributed by atoms with Gasteiger partial charge in [0.25, 0.3) is 6.43 Å². The number of nitrogens with two attached hydrogens (primary N) is 1. The minimum atomic E-state index is -2.65. The lowest BCUT2D eigenvalue weighted by Crippen LogP contribution is -2.04. The second-order valence-corrected chi connectivity index (χ2v) is 4.09. The van der Waals surface area contributed by atoms with E-state index in [0.717, 1.165) is 9.15 Å². The summed E-state index contributed by atoms with van der Waals surface area (Å²) in [6, 6.07) is 6.92. The van der Waals surface area contributed by atoms with Crippen molar-refractivity contribution in [3.63, 3.8) is 0 Å². The molecule has 3 nitrogen and oxygen atoms in total. The van der Waals surface area contributed by atoms with E-state index in [9.17, 15) is 8.78 Å². The van der Waals surface area contributed by atoms with E-state index in [0.29, 0.717) is 5.69 Å². The average molecular weight is 288 g/mol. The number of hydrogen-bond donors (Lipinski definition) is 1. The molecule has 0 saturated heterocycles. The summed E-state index contributed by atoms with van der Waals surface area (Å²) >= 11 is 3.27. The minimum Gasteiger partial charge on any atom is -0.396 e. The van der Waals surface area contributed by atoms with Crippen LogP contribution in [0.5, 0.6) is 0 Å². The van der Waals surface area contributed by atoms with Crippen LogP contribution in [0.3, 0.4) is 0 Å². The average Bonchev–Trinajstić information content (AvgIpc) is 2.60. The molecule has 2 aromatic rings. The molecule has 2 rings (SSSR count). The first-order valence-electron chi connectivity index (χ1n) is 4.47. The number of rotatable bonds is 2. The summed E-state index contributed by atoms with van der Waals surface area (Å²) in [4.78, 5) is 0. The highest BCUT2D eigenvalue weighted by molar-refractivity contribution is 9.10. The number of aromatic nitrogens is 2. The predicted octanol–water partition coefficient (Wildman–Crippen LogP) is 3.15. The summed E-state index contributed by atoms with van der Waals surface area (Å²) in [6.07, 6.45) is -1.43. The van der Waals surface area contributed by atoms with E-state index in [1.54, 1.807) is 24.3 Å². The van der Waals surface area contributed by atoms with Crippen LogP contribution in [-0.2, 0) is 0 Å². The first-order valence-corrected chi connectivity index (χ1v) is 5.26. The number of nitrogen functional groups attached to an aromatic ring is 1. The highest BCUT2D eigenvalue weighted by atomic mass is 79.9. The maximum atomic E-state index is 12.8. The lowest BCUT2D eigenvalue weighted by molar-refractivity contribution is 0.143. The van der Waals surface area contributed by atoms with Crippen molar-refractivity contribution in [1.29, 1.82) is 0 Å². The van der Waals surface area contributed by atoms with Crippen molar-refractivity contribution < 1.29 is 8.78 Å². The van der Waals surface area contributed by atoms with Gasteiger partial charge in [0.2, 0.25) is 0 Å². The van der Waals surface area contributed by atoms with Crippen LogP contribution in [0, 0.1) is 0 Å². The Kier molecular flexibility index (Phi) is 2.91. The number of hydrogen-bond acceptors (Lipinski definition) is 2. The summed E-state index contributed by atoms with van der Waals surface area (Å²) in [7, 11) is 0. The molecule has 2 N–H and O–H groups in total. The maximum Gasteiger partial charge on any atom is 0.282 e. The predicted molar refractivity (Wildman–Crippen MR) is 60.6 cm³/mol. The van der Waals surface area contributed by atoms with Crippen LogP contribution in [0.1, 0.15) is 12.1 Å². The van der Waals surface area contributed by atoms with E-state index >= 15 is 0 Å². The van der Waals surface area contributed by atoms with Gasteiger partial charge in [-0.05, 0) is 18.2 Å². The van der Waals surface area contributed by atoms with E-state index in [1.165, 1.54) is 6.20 Å². The van der Waals surface area contributed by atoms with Crippen molar-refractivity contribution in [2.24, 2.45) is 0 Å². The van der Waals surface area contributed by atoms with Crippen LogP contribution in [0.15, 0.2) is 34.9 Å². The fourth-order valence-corrected chi connectivity index (χ4v) is 1.79. The second-order valence-electron chi connectivity index (χ2n) is 3.18. The fourth-order valence-electron chi connectivity index (χ4n) is 1.40. The summed E-state index contributed by atoms with van der Waals surface area (Å²) in [6.45, 7) is 0. The standard InChI is InChI=1S/C10H8BrF2N3/c11-6-2-1-3-7(4-6)16-9(10(12)13)8(14)5-15-16/h1-5,10H,14H2. The molecule has 6 heteroatoms. The van der Waals surface area contributed by atoms with Crippen molar-refractivity contribution in [3.8, 4) is 5.69 Å². The molecule has 0 bridgehead atoms. The number of nitrogens with zero attached hydrogens (tertiary/aromatic N) is 2. The topological polar surface area (TPSA) is 43.8 Å². The van der Waals surface area contributed by atoms with Gasteiger partial charge in [-0.25, -0.2) is 13.5 Å². The first kappa shape index (κ1) is 11.1. The van der Waals surface area contributed by atoms with Gasteiger partial charge in [0.15, 0.2) is 0 Å². The smallest absolute Gasteiger partial charge is 0.282 e. The molecule has 0 aliphatic rings. The van der Waals surface area contributed by atoms with Crippen LogP contribution in [-0.4, -0.2) is 9.78 Å². The third-order valence-corrected chi connectivity index (χ3v) is 2.59. The van der Waals surface area contributed by atoms with Crippen molar-refractivity contribution in [2.45, 2.75) is 6.43 Å².